The lowest BCUT2D eigenvalue weighted by Crippen LogP contribution is -2.40. The van der Waals surface area contributed by atoms with Crippen LogP contribution in [0.15, 0.2) is 28.8 Å². The molecule has 1 aromatic carbocycles. The van der Waals surface area contributed by atoms with E-state index in [1.54, 1.807) is 19.2 Å². The van der Waals surface area contributed by atoms with Crippen molar-refractivity contribution in [2.45, 2.75) is 50.2 Å². The number of rotatable bonds is 5. The third-order valence-corrected chi connectivity index (χ3v) is 5.15. The number of halogens is 1. The molecule has 0 amide bonds. The largest absolute Gasteiger partial charge is 0.385 e. The number of ether oxygens (including phenoxy) is 1. The summed E-state index contributed by atoms with van der Waals surface area (Å²) in [5.41, 5.74) is -0.592. The predicted molar refractivity (Wildman–Crippen MR) is 86.3 cm³/mol. The summed E-state index contributed by atoms with van der Waals surface area (Å²) in [6, 6.07) is 7.33. The molecule has 1 heterocycles. The summed E-state index contributed by atoms with van der Waals surface area (Å²) in [7, 11) is 1.64. The number of hydrogen-bond donors (Lipinski definition) is 1. The Morgan fingerprint density at radius 3 is 2.83 bits per heavy atom. The van der Waals surface area contributed by atoms with Crippen molar-refractivity contribution >= 4 is 11.6 Å². The third kappa shape index (κ3) is 2.89. The van der Waals surface area contributed by atoms with E-state index in [0.29, 0.717) is 29.6 Å². The molecule has 124 valence electrons. The number of aromatic nitrogens is 2. The van der Waals surface area contributed by atoms with Crippen LogP contribution < -0.4 is 0 Å². The topological polar surface area (TPSA) is 68.4 Å². The van der Waals surface area contributed by atoms with Gasteiger partial charge in [0, 0.05) is 18.1 Å². The Hall–Kier alpha value is -1.43. The average molecular weight is 337 g/mol. The molecule has 1 N–H and O–H groups in total. The van der Waals surface area contributed by atoms with E-state index in [9.17, 15) is 5.11 Å². The minimum atomic E-state index is -0.875. The fourth-order valence-corrected chi connectivity index (χ4v) is 3.14. The zero-order chi connectivity index (χ0) is 16.7. The normalized spacial score (nSPS) is 26.6. The van der Waals surface area contributed by atoms with Crippen LogP contribution in [0.25, 0.3) is 0 Å². The maximum atomic E-state index is 10.7. The van der Waals surface area contributed by atoms with Crippen LogP contribution >= 0.6 is 11.6 Å². The second-order valence-corrected chi connectivity index (χ2v) is 6.83. The van der Waals surface area contributed by atoms with Gasteiger partial charge in [-0.25, -0.2) is 0 Å². The molecule has 1 aliphatic carbocycles. The predicted octanol–water partition coefficient (Wildman–Crippen LogP) is 3.76. The lowest BCUT2D eigenvalue weighted by atomic mass is 9.67. The van der Waals surface area contributed by atoms with E-state index in [4.69, 9.17) is 20.9 Å². The first-order chi connectivity index (χ1) is 10.9. The van der Waals surface area contributed by atoms with Crippen LogP contribution in [-0.2, 0) is 15.9 Å². The van der Waals surface area contributed by atoms with Crippen LogP contribution in [0, 0.1) is 0 Å². The van der Waals surface area contributed by atoms with Gasteiger partial charge in [-0.3, -0.25) is 0 Å². The van der Waals surface area contributed by atoms with Crippen LogP contribution in [0.2, 0.25) is 5.02 Å². The molecule has 0 spiro atoms. The fourth-order valence-electron chi connectivity index (χ4n) is 2.95. The standard InChI is InChI=1S/C17H21ClN2O3/c1-4-16(2,22-3)15-19-14(23-20-15)11-9-17(21,10-11)12-6-5-7-13(18)8-12/h5-8,11,21H,4,9-10H2,1-3H3. The van der Waals surface area contributed by atoms with Gasteiger partial charge in [-0.15, -0.1) is 0 Å². The first-order valence-electron chi connectivity index (χ1n) is 7.78. The smallest absolute Gasteiger partial charge is 0.230 e. The maximum Gasteiger partial charge on any atom is 0.230 e. The summed E-state index contributed by atoms with van der Waals surface area (Å²) >= 11 is 6.00. The quantitative estimate of drug-likeness (QED) is 0.900. The minimum Gasteiger partial charge on any atom is -0.385 e. The van der Waals surface area contributed by atoms with E-state index in [0.717, 1.165) is 12.0 Å². The second kappa shape index (κ2) is 5.89. The summed E-state index contributed by atoms with van der Waals surface area (Å²) in [5.74, 6) is 1.16. The molecule has 1 atom stereocenters. The molecule has 2 aromatic rings. The molecule has 6 heteroatoms. The Kier molecular flexibility index (Phi) is 4.21. The molecule has 0 aliphatic heterocycles. The molecule has 3 rings (SSSR count). The van der Waals surface area contributed by atoms with E-state index in [-0.39, 0.29) is 5.92 Å². The van der Waals surface area contributed by atoms with Crippen molar-refractivity contribution < 1.29 is 14.4 Å². The molecule has 1 unspecified atom stereocenters. The average Bonchev–Trinajstić information content (AvgIpc) is 3.01. The summed E-state index contributed by atoms with van der Waals surface area (Å²) in [4.78, 5) is 4.48. The van der Waals surface area contributed by atoms with Crippen molar-refractivity contribution in [1.82, 2.24) is 10.1 Å². The minimum absolute atomic E-state index is 0.0539. The zero-order valence-corrected chi connectivity index (χ0v) is 14.3. The third-order valence-electron chi connectivity index (χ3n) is 4.92. The van der Waals surface area contributed by atoms with E-state index in [2.05, 4.69) is 10.1 Å². The highest BCUT2D eigenvalue weighted by Gasteiger charge is 2.47. The van der Waals surface area contributed by atoms with Crippen LogP contribution in [-0.4, -0.2) is 22.4 Å². The van der Waals surface area contributed by atoms with Gasteiger partial charge in [0.1, 0.15) is 5.60 Å². The van der Waals surface area contributed by atoms with E-state index >= 15 is 0 Å². The highest BCUT2D eigenvalue weighted by Crippen LogP contribution is 2.50. The van der Waals surface area contributed by atoms with Crippen LogP contribution in [0.3, 0.4) is 0 Å². The van der Waals surface area contributed by atoms with Gasteiger partial charge in [0.05, 0.1) is 5.60 Å². The molecular weight excluding hydrogens is 316 g/mol. The molecule has 1 fully saturated rings. The Balaban J connectivity index is 1.74. The summed E-state index contributed by atoms with van der Waals surface area (Å²) in [6.45, 7) is 3.95. The van der Waals surface area contributed by atoms with Crippen molar-refractivity contribution in [1.29, 1.82) is 0 Å². The van der Waals surface area contributed by atoms with Crippen LogP contribution in [0.4, 0.5) is 0 Å². The number of nitrogens with zero attached hydrogens (tertiary/aromatic N) is 2. The van der Waals surface area contributed by atoms with Gasteiger partial charge in [0.15, 0.2) is 0 Å². The second-order valence-electron chi connectivity index (χ2n) is 6.39. The molecule has 1 aromatic heterocycles. The Morgan fingerprint density at radius 1 is 1.48 bits per heavy atom. The number of hydrogen-bond acceptors (Lipinski definition) is 5. The van der Waals surface area contributed by atoms with Gasteiger partial charge < -0.3 is 14.4 Å². The van der Waals surface area contributed by atoms with E-state index < -0.39 is 11.2 Å². The van der Waals surface area contributed by atoms with Gasteiger partial charge in [0.2, 0.25) is 11.7 Å². The molecule has 0 bridgehead atoms. The van der Waals surface area contributed by atoms with E-state index in [1.807, 2.05) is 26.0 Å². The van der Waals surface area contributed by atoms with Crippen molar-refractivity contribution in [3.05, 3.63) is 46.6 Å². The lowest BCUT2D eigenvalue weighted by Gasteiger charge is -2.42. The van der Waals surface area contributed by atoms with Gasteiger partial charge in [-0.1, -0.05) is 35.8 Å². The van der Waals surface area contributed by atoms with Crippen LogP contribution in [0.5, 0.6) is 0 Å². The summed E-state index contributed by atoms with van der Waals surface area (Å²) in [6.07, 6.45) is 1.84. The summed E-state index contributed by atoms with van der Waals surface area (Å²) in [5, 5.41) is 15.4. The fraction of sp³-hybridized carbons (Fsp3) is 0.529. The van der Waals surface area contributed by atoms with Crippen molar-refractivity contribution in [3.8, 4) is 0 Å². The highest BCUT2D eigenvalue weighted by molar-refractivity contribution is 6.30. The zero-order valence-electron chi connectivity index (χ0n) is 13.5. The monoisotopic (exact) mass is 336 g/mol. The van der Waals surface area contributed by atoms with Crippen molar-refractivity contribution in [2.24, 2.45) is 0 Å². The SMILES string of the molecule is CCC(C)(OC)c1noc(C2CC(O)(c3cccc(Cl)c3)C2)n1. The number of methoxy groups -OCH3 is 1. The lowest BCUT2D eigenvalue weighted by molar-refractivity contribution is -0.0617. The Bertz CT molecular complexity index is 691. The van der Waals surface area contributed by atoms with Gasteiger partial charge in [-0.2, -0.15) is 4.98 Å². The highest BCUT2D eigenvalue weighted by atomic mass is 35.5. The molecule has 1 saturated carbocycles. The molecular formula is C17H21ClN2O3. The maximum absolute atomic E-state index is 10.7. The van der Waals surface area contributed by atoms with E-state index in [1.165, 1.54) is 0 Å². The van der Waals surface area contributed by atoms with Crippen molar-refractivity contribution in [2.75, 3.05) is 7.11 Å². The Morgan fingerprint density at radius 2 is 2.22 bits per heavy atom. The molecule has 1 aliphatic rings. The van der Waals surface area contributed by atoms with Gasteiger partial charge in [0.25, 0.3) is 0 Å². The first kappa shape index (κ1) is 16.4. The first-order valence-corrected chi connectivity index (χ1v) is 8.15. The number of aliphatic hydroxyl groups is 1. The molecule has 5 nitrogen and oxygen atoms in total. The number of benzene rings is 1. The van der Waals surface area contributed by atoms with Crippen molar-refractivity contribution in [3.63, 3.8) is 0 Å². The Labute approximate surface area is 140 Å². The molecule has 0 saturated heterocycles. The van der Waals surface area contributed by atoms with Gasteiger partial charge >= 0.3 is 0 Å². The molecule has 0 radical (unpaired) electrons. The molecule has 23 heavy (non-hydrogen) atoms. The van der Waals surface area contributed by atoms with Gasteiger partial charge in [-0.05, 0) is 43.9 Å². The summed E-state index contributed by atoms with van der Waals surface area (Å²) < 4.78 is 10.9. The van der Waals surface area contributed by atoms with Crippen LogP contribution in [0.1, 0.15) is 56.3 Å².